The van der Waals surface area contributed by atoms with Gasteiger partial charge in [-0.05, 0) is 49.4 Å². The molecule has 168 valence electrons. The van der Waals surface area contributed by atoms with Crippen LogP contribution in [0.4, 0.5) is 0 Å². The number of hydrogen-bond donors (Lipinski definition) is 2. The predicted octanol–water partition coefficient (Wildman–Crippen LogP) is 3.63. The van der Waals surface area contributed by atoms with E-state index in [1.807, 2.05) is 23.7 Å². The van der Waals surface area contributed by atoms with Crippen molar-refractivity contribution in [1.82, 2.24) is 20.0 Å². The molecule has 0 atom stereocenters. The normalized spacial score (nSPS) is 15.1. The van der Waals surface area contributed by atoms with Gasteiger partial charge in [-0.1, -0.05) is 48.9 Å². The molecule has 1 saturated heterocycles. The van der Waals surface area contributed by atoms with Crippen LogP contribution in [0, 0.1) is 6.92 Å². The number of nitrogens with one attached hydrogen (secondary N) is 1. The van der Waals surface area contributed by atoms with Crippen molar-refractivity contribution in [2.45, 2.75) is 52.3 Å². The Kier molecular flexibility index (Phi) is 7.02. The SMILES string of the molecule is CCc1c(C(=O)NCc2ccc(CN3CCC(O)CC3)cc2)cnn1-c1ccc(C)cc1. The number of aryl methyl sites for hydroxylation is 1. The van der Waals surface area contributed by atoms with Gasteiger partial charge in [0.1, 0.15) is 0 Å². The number of piperidine rings is 1. The van der Waals surface area contributed by atoms with E-state index in [0.29, 0.717) is 12.1 Å². The molecule has 0 spiro atoms. The highest BCUT2D eigenvalue weighted by Crippen LogP contribution is 2.17. The highest BCUT2D eigenvalue weighted by Gasteiger charge is 2.18. The highest BCUT2D eigenvalue weighted by molar-refractivity contribution is 5.95. The monoisotopic (exact) mass is 432 g/mol. The summed E-state index contributed by atoms with van der Waals surface area (Å²) in [5.74, 6) is -0.101. The van der Waals surface area contributed by atoms with E-state index in [1.54, 1.807) is 6.20 Å². The molecule has 1 fully saturated rings. The van der Waals surface area contributed by atoms with Gasteiger partial charge in [-0.2, -0.15) is 5.10 Å². The Morgan fingerprint density at radius 2 is 1.72 bits per heavy atom. The molecule has 2 aromatic carbocycles. The third-order valence-electron chi connectivity index (χ3n) is 6.17. The topological polar surface area (TPSA) is 70.4 Å². The molecule has 2 N–H and O–H groups in total. The van der Waals surface area contributed by atoms with Crippen molar-refractivity contribution in [1.29, 1.82) is 0 Å². The molecule has 0 bridgehead atoms. The van der Waals surface area contributed by atoms with Crippen LogP contribution < -0.4 is 5.32 Å². The third-order valence-corrected chi connectivity index (χ3v) is 6.17. The number of aliphatic hydroxyl groups excluding tert-OH is 1. The van der Waals surface area contributed by atoms with E-state index in [-0.39, 0.29) is 12.0 Å². The Morgan fingerprint density at radius 3 is 2.38 bits per heavy atom. The predicted molar refractivity (Wildman–Crippen MR) is 126 cm³/mol. The summed E-state index contributed by atoms with van der Waals surface area (Å²) >= 11 is 0. The smallest absolute Gasteiger partial charge is 0.255 e. The second-order valence-electron chi connectivity index (χ2n) is 8.61. The maximum Gasteiger partial charge on any atom is 0.255 e. The van der Waals surface area contributed by atoms with Crippen LogP contribution in [-0.4, -0.2) is 44.9 Å². The van der Waals surface area contributed by atoms with Gasteiger partial charge in [-0.3, -0.25) is 9.69 Å². The molecule has 0 aliphatic carbocycles. The van der Waals surface area contributed by atoms with Gasteiger partial charge in [0.05, 0.1) is 29.2 Å². The molecule has 0 unspecified atom stereocenters. The minimum absolute atomic E-state index is 0.101. The molecule has 1 aliphatic rings. The fraction of sp³-hybridized carbons (Fsp3) is 0.385. The summed E-state index contributed by atoms with van der Waals surface area (Å²) in [7, 11) is 0. The van der Waals surface area contributed by atoms with Crippen molar-refractivity contribution >= 4 is 5.91 Å². The second kappa shape index (κ2) is 10.1. The first kappa shape index (κ1) is 22.2. The van der Waals surface area contributed by atoms with Gasteiger partial charge in [0.25, 0.3) is 5.91 Å². The fourth-order valence-corrected chi connectivity index (χ4v) is 4.19. The number of likely N-dealkylation sites (tertiary alicyclic amines) is 1. The second-order valence-corrected chi connectivity index (χ2v) is 8.61. The first-order valence-corrected chi connectivity index (χ1v) is 11.4. The summed E-state index contributed by atoms with van der Waals surface area (Å²) in [6.45, 7) is 7.35. The number of hydrogen-bond acceptors (Lipinski definition) is 4. The summed E-state index contributed by atoms with van der Waals surface area (Å²) in [6.07, 6.45) is 3.94. The van der Waals surface area contributed by atoms with Gasteiger partial charge in [0, 0.05) is 26.2 Å². The molecule has 0 radical (unpaired) electrons. The zero-order valence-corrected chi connectivity index (χ0v) is 18.9. The molecule has 1 amide bonds. The Balaban J connectivity index is 1.36. The zero-order chi connectivity index (χ0) is 22.5. The van der Waals surface area contributed by atoms with Gasteiger partial charge in [0.2, 0.25) is 0 Å². The fourth-order valence-electron chi connectivity index (χ4n) is 4.19. The van der Waals surface area contributed by atoms with Crippen LogP contribution in [0.5, 0.6) is 0 Å². The molecule has 4 rings (SSSR count). The number of rotatable bonds is 7. The Labute approximate surface area is 189 Å². The average molecular weight is 433 g/mol. The van der Waals surface area contributed by atoms with Crippen molar-refractivity contribution in [3.63, 3.8) is 0 Å². The van der Waals surface area contributed by atoms with Crippen molar-refractivity contribution in [3.05, 3.63) is 82.7 Å². The standard InChI is InChI=1S/C26H32N4O2/c1-3-25-24(17-28-30(25)22-10-4-19(2)5-11-22)26(32)27-16-20-6-8-21(9-7-20)18-29-14-12-23(31)13-15-29/h4-11,17,23,31H,3,12-16,18H2,1-2H3,(H,27,32). The average Bonchev–Trinajstić information content (AvgIpc) is 3.24. The molecule has 2 heterocycles. The van der Waals surface area contributed by atoms with Crippen LogP contribution >= 0.6 is 0 Å². The maximum absolute atomic E-state index is 12.9. The van der Waals surface area contributed by atoms with Gasteiger partial charge in [0.15, 0.2) is 0 Å². The minimum Gasteiger partial charge on any atom is -0.393 e. The zero-order valence-electron chi connectivity index (χ0n) is 18.9. The van der Waals surface area contributed by atoms with Crippen LogP contribution in [0.25, 0.3) is 5.69 Å². The molecular weight excluding hydrogens is 400 g/mol. The quantitative estimate of drug-likeness (QED) is 0.598. The van der Waals surface area contributed by atoms with E-state index < -0.39 is 0 Å². The molecule has 1 aromatic heterocycles. The molecule has 3 aromatic rings. The minimum atomic E-state index is -0.144. The lowest BCUT2D eigenvalue weighted by molar-refractivity contribution is 0.0792. The number of nitrogens with zero attached hydrogens (tertiary/aromatic N) is 3. The van der Waals surface area contributed by atoms with Gasteiger partial charge in [-0.15, -0.1) is 0 Å². The first-order valence-electron chi connectivity index (χ1n) is 11.4. The number of benzene rings is 2. The summed E-state index contributed by atoms with van der Waals surface area (Å²) in [4.78, 5) is 15.2. The summed E-state index contributed by atoms with van der Waals surface area (Å²) < 4.78 is 1.85. The van der Waals surface area contributed by atoms with Crippen LogP contribution in [0.15, 0.2) is 54.7 Å². The Bertz CT molecular complexity index is 1030. The van der Waals surface area contributed by atoms with Crippen LogP contribution in [0.2, 0.25) is 0 Å². The highest BCUT2D eigenvalue weighted by atomic mass is 16.3. The maximum atomic E-state index is 12.9. The summed E-state index contributed by atoms with van der Waals surface area (Å²) in [5.41, 5.74) is 6.01. The lowest BCUT2D eigenvalue weighted by Crippen LogP contribution is -2.35. The lowest BCUT2D eigenvalue weighted by Gasteiger charge is -2.29. The van der Waals surface area contributed by atoms with Crippen molar-refractivity contribution in [2.24, 2.45) is 0 Å². The first-order chi connectivity index (χ1) is 15.5. The third kappa shape index (κ3) is 5.26. The molecule has 1 aliphatic heterocycles. The van der Waals surface area contributed by atoms with Crippen molar-refractivity contribution < 1.29 is 9.90 Å². The summed E-state index contributed by atoms with van der Waals surface area (Å²) in [5, 5.41) is 17.2. The molecule has 6 heteroatoms. The van der Waals surface area contributed by atoms with Crippen molar-refractivity contribution in [2.75, 3.05) is 13.1 Å². The van der Waals surface area contributed by atoms with E-state index >= 15 is 0 Å². The van der Waals surface area contributed by atoms with E-state index in [1.165, 1.54) is 11.1 Å². The number of carbonyl (C=O) groups is 1. The molecule has 32 heavy (non-hydrogen) atoms. The van der Waals surface area contributed by atoms with Gasteiger partial charge in [-0.25, -0.2) is 4.68 Å². The van der Waals surface area contributed by atoms with Crippen LogP contribution in [-0.2, 0) is 19.5 Å². The largest absolute Gasteiger partial charge is 0.393 e. The van der Waals surface area contributed by atoms with Gasteiger partial charge < -0.3 is 10.4 Å². The van der Waals surface area contributed by atoms with Gasteiger partial charge >= 0.3 is 0 Å². The molecular formula is C26H32N4O2. The Hall–Kier alpha value is -2.96. The van der Waals surface area contributed by atoms with Crippen LogP contribution in [0.3, 0.4) is 0 Å². The van der Waals surface area contributed by atoms with E-state index in [0.717, 1.165) is 55.8 Å². The lowest BCUT2D eigenvalue weighted by atomic mass is 10.1. The number of amides is 1. The van der Waals surface area contributed by atoms with E-state index in [9.17, 15) is 9.90 Å². The number of aromatic nitrogens is 2. The number of carbonyl (C=O) groups excluding carboxylic acids is 1. The number of aliphatic hydroxyl groups is 1. The van der Waals surface area contributed by atoms with E-state index in [4.69, 9.17) is 0 Å². The Morgan fingerprint density at radius 1 is 1.06 bits per heavy atom. The van der Waals surface area contributed by atoms with Crippen molar-refractivity contribution in [3.8, 4) is 5.69 Å². The van der Waals surface area contributed by atoms with E-state index in [2.05, 4.69) is 58.6 Å². The molecule has 0 saturated carbocycles. The summed E-state index contributed by atoms with van der Waals surface area (Å²) in [6, 6.07) is 16.5. The van der Waals surface area contributed by atoms with Crippen LogP contribution in [0.1, 0.15) is 52.5 Å². The molecule has 6 nitrogen and oxygen atoms in total.